The highest BCUT2D eigenvalue weighted by molar-refractivity contribution is 5.27. The second kappa shape index (κ2) is 4.72. The molecule has 1 heterocycles. The Balaban J connectivity index is 2.16. The van der Waals surface area contributed by atoms with Crippen molar-refractivity contribution in [2.24, 2.45) is 5.73 Å². The topological polar surface area (TPSA) is 39.2 Å². The molecule has 0 amide bonds. The van der Waals surface area contributed by atoms with E-state index in [1.54, 1.807) is 6.07 Å². The summed E-state index contributed by atoms with van der Waals surface area (Å²) < 4.78 is 18.5. The molecule has 0 saturated carbocycles. The van der Waals surface area contributed by atoms with Crippen molar-refractivity contribution in [3.63, 3.8) is 0 Å². The molecule has 2 N–H and O–H groups in total. The molecule has 2 rings (SSSR count). The quantitative estimate of drug-likeness (QED) is 0.883. The highest BCUT2D eigenvalue weighted by atomic mass is 19.1. The zero-order valence-corrected chi connectivity index (χ0v) is 10.0. The predicted molar refractivity (Wildman–Crippen MR) is 65.2 cm³/mol. The van der Waals surface area contributed by atoms with E-state index >= 15 is 0 Å². The fourth-order valence-corrected chi connectivity index (χ4v) is 2.05. The van der Waals surface area contributed by atoms with Crippen LogP contribution in [0.15, 0.2) is 34.7 Å². The number of aryl methyl sites for hydroxylation is 2. The summed E-state index contributed by atoms with van der Waals surface area (Å²) >= 11 is 0. The Kier molecular flexibility index (Phi) is 3.29. The number of hydrogen-bond donors (Lipinski definition) is 1. The van der Waals surface area contributed by atoms with Crippen LogP contribution in [0.4, 0.5) is 4.39 Å². The van der Waals surface area contributed by atoms with Gasteiger partial charge in [-0.05, 0) is 44.0 Å². The Bertz CT molecular complexity index is 519. The molecule has 0 fully saturated rings. The fraction of sp³-hybridized carbons (Fsp3) is 0.286. The van der Waals surface area contributed by atoms with E-state index in [4.69, 9.17) is 10.2 Å². The Morgan fingerprint density at radius 3 is 2.65 bits per heavy atom. The summed E-state index contributed by atoms with van der Waals surface area (Å²) in [6, 6.07) is 8.31. The molecule has 0 saturated heterocycles. The molecule has 90 valence electrons. The van der Waals surface area contributed by atoms with Crippen molar-refractivity contribution in [3.05, 3.63) is 58.8 Å². The van der Waals surface area contributed by atoms with Crippen LogP contribution < -0.4 is 5.73 Å². The van der Waals surface area contributed by atoms with Gasteiger partial charge >= 0.3 is 0 Å². The molecule has 0 aliphatic carbocycles. The monoisotopic (exact) mass is 233 g/mol. The third-order valence-electron chi connectivity index (χ3n) is 2.82. The molecule has 1 atom stereocenters. The van der Waals surface area contributed by atoms with Crippen LogP contribution in [0.2, 0.25) is 0 Å². The number of nitrogens with two attached hydrogens (primary N) is 1. The average molecular weight is 233 g/mol. The van der Waals surface area contributed by atoms with E-state index in [-0.39, 0.29) is 11.9 Å². The van der Waals surface area contributed by atoms with E-state index in [2.05, 4.69) is 0 Å². The number of hydrogen-bond acceptors (Lipinski definition) is 2. The van der Waals surface area contributed by atoms with Gasteiger partial charge in [-0.3, -0.25) is 0 Å². The predicted octanol–water partition coefficient (Wildman–Crippen LogP) is 3.28. The van der Waals surface area contributed by atoms with Crippen molar-refractivity contribution in [1.29, 1.82) is 0 Å². The van der Waals surface area contributed by atoms with Crippen LogP contribution in [0.1, 0.15) is 28.7 Å². The smallest absolute Gasteiger partial charge is 0.123 e. The van der Waals surface area contributed by atoms with Gasteiger partial charge in [-0.2, -0.15) is 0 Å². The second-order valence-electron chi connectivity index (χ2n) is 4.31. The van der Waals surface area contributed by atoms with Crippen molar-refractivity contribution in [3.8, 4) is 0 Å². The zero-order chi connectivity index (χ0) is 12.4. The zero-order valence-electron chi connectivity index (χ0n) is 10.0. The van der Waals surface area contributed by atoms with Crippen LogP contribution in [0.25, 0.3) is 0 Å². The summed E-state index contributed by atoms with van der Waals surface area (Å²) in [5.74, 6) is 1.47. The van der Waals surface area contributed by atoms with Crippen LogP contribution in [0, 0.1) is 19.7 Å². The van der Waals surface area contributed by atoms with E-state index in [1.807, 2.05) is 26.0 Å². The third-order valence-corrected chi connectivity index (χ3v) is 2.82. The SMILES string of the molecule is Cc1cc(C(N)Cc2cccc(F)c2)c(C)o1. The van der Waals surface area contributed by atoms with E-state index in [0.717, 1.165) is 22.6 Å². The van der Waals surface area contributed by atoms with Gasteiger partial charge < -0.3 is 10.2 Å². The maximum absolute atomic E-state index is 13.0. The number of furan rings is 1. The van der Waals surface area contributed by atoms with Crippen LogP contribution in [0.5, 0.6) is 0 Å². The Morgan fingerprint density at radius 2 is 2.06 bits per heavy atom. The summed E-state index contributed by atoms with van der Waals surface area (Å²) in [6.45, 7) is 3.79. The molecular weight excluding hydrogens is 217 g/mol. The van der Waals surface area contributed by atoms with Gasteiger partial charge in [-0.25, -0.2) is 4.39 Å². The van der Waals surface area contributed by atoms with E-state index < -0.39 is 0 Å². The summed E-state index contributed by atoms with van der Waals surface area (Å²) in [5, 5.41) is 0. The molecule has 17 heavy (non-hydrogen) atoms. The highest BCUT2D eigenvalue weighted by Gasteiger charge is 2.13. The number of rotatable bonds is 3. The molecule has 1 aromatic carbocycles. The molecule has 0 aliphatic rings. The van der Waals surface area contributed by atoms with E-state index in [9.17, 15) is 4.39 Å². The van der Waals surface area contributed by atoms with E-state index in [0.29, 0.717) is 6.42 Å². The molecule has 3 heteroatoms. The summed E-state index contributed by atoms with van der Waals surface area (Å²) in [6.07, 6.45) is 0.609. The first-order valence-electron chi connectivity index (χ1n) is 5.63. The van der Waals surface area contributed by atoms with Crippen molar-refractivity contribution < 1.29 is 8.81 Å². The molecule has 2 nitrogen and oxygen atoms in total. The molecule has 2 aromatic rings. The van der Waals surface area contributed by atoms with Gasteiger partial charge in [0.25, 0.3) is 0 Å². The molecule has 1 aromatic heterocycles. The largest absolute Gasteiger partial charge is 0.466 e. The van der Waals surface area contributed by atoms with Crippen LogP contribution in [0.3, 0.4) is 0 Å². The minimum Gasteiger partial charge on any atom is -0.466 e. The Morgan fingerprint density at radius 1 is 1.29 bits per heavy atom. The Hall–Kier alpha value is -1.61. The van der Waals surface area contributed by atoms with Crippen LogP contribution >= 0.6 is 0 Å². The summed E-state index contributed by atoms with van der Waals surface area (Å²) in [5.41, 5.74) is 8.00. The minimum atomic E-state index is -0.227. The van der Waals surface area contributed by atoms with E-state index in [1.165, 1.54) is 12.1 Å². The van der Waals surface area contributed by atoms with Gasteiger partial charge in [0.15, 0.2) is 0 Å². The van der Waals surface area contributed by atoms with Gasteiger partial charge in [0.05, 0.1) is 0 Å². The van der Waals surface area contributed by atoms with Gasteiger partial charge in [0.2, 0.25) is 0 Å². The normalized spacial score (nSPS) is 12.7. The molecule has 1 unspecified atom stereocenters. The van der Waals surface area contributed by atoms with Crippen LogP contribution in [-0.4, -0.2) is 0 Å². The van der Waals surface area contributed by atoms with Gasteiger partial charge in [-0.1, -0.05) is 12.1 Å². The lowest BCUT2D eigenvalue weighted by molar-refractivity contribution is 0.497. The van der Waals surface area contributed by atoms with Crippen molar-refractivity contribution in [2.45, 2.75) is 26.3 Å². The maximum Gasteiger partial charge on any atom is 0.123 e. The molecular formula is C14H16FNO. The standard InChI is InChI=1S/C14H16FNO/c1-9-6-13(10(2)17-9)14(16)8-11-4-3-5-12(15)7-11/h3-7,14H,8,16H2,1-2H3. The second-order valence-corrected chi connectivity index (χ2v) is 4.31. The molecule has 0 aliphatic heterocycles. The first-order valence-corrected chi connectivity index (χ1v) is 5.63. The lowest BCUT2D eigenvalue weighted by Gasteiger charge is -2.10. The van der Waals surface area contributed by atoms with Crippen molar-refractivity contribution >= 4 is 0 Å². The maximum atomic E-state index is 13.0. The number of benzene rings is 1. The summed E-state index contributed by atoms with van der Waals surface area (Å²) in [7, 11) is 0. The lowest BCUT2D eigenvalue weighted by Crippen LogP contribution is -2.13. The number of halogens is 1. The molecule has 0 radical (unpaired) electrons. The fourth-order valence-electron chi connectivity index (χ4n) is 2.05. The highest BCUT2D eigenvalue weighted by Crippen LogP contribution is 2.23. The van der Waals surface area contributed by atoms with Gasteiger partial charge in [0, 0.05) is 11.6 Å². The third kappa shape index (κ3) is 2.74. The van der Waals surface area contributed by atoms with Crippen molar-refractivity contribution in [2.75, 3.05) is 0 Å². The average Bonchev–Trinajstić information content (AvgIpc) is 2.58. The molecule has 0 spiro atoms. The lowest BCUT2D eigenvalue weighted by atomic mass is 10.00. The van der Waals surface area contributed by atoms with Gasteiger partial charge in [0.1, 0.15) is 17.3 Å². The Labute approximate surface area is 100 Å². The summed E-state index contributed by atoms with van der Waals surface area (Å²) in [4.78, 5) is 0. The van der Waals surface area contributed by atoms with Gasteiger partial charge in [-0.15, -0.1) is 0 Å². The first kappa shape index (κ1) is 11.9. The first-order chi connectivity index (χ1) is 8.06. The molecule has 0 bridgehead atoms. The van der Waals surface area contributed by atoms with Crippen LogP contribution in [-0.2, 0) is 6.42 Å². The van der Waals surface area contributed by atoms with Crippen molar-refractivity contribution in [1.82, 2.24) is 0 Å². The minimum absolute atomic E-state index is 0.158.